The lowest BCUT2D eigenvalue weighted by Crippen LogP contribution is -2.44. The van der Waals surface area contributed by atoms with Crippen LogP contribution in [0.2, 0.25) is 0 Å². The van der Waals surface area contributed by atoms with E-state index in [2.05, 4.69) is 19.2 Å². The Morgan fingerprint density at radius 1 is 1.19 bits per heavy atom. The molecule has 0 bridgehead atoms. The van der Waals surface area contributed by atoms with Crippen LogP contribution in [0.3, 0.4) is 0 Å². The smallest absolute Gasteiger partial charge is 0.251 e. The number of nitrogens with one attached hydrogen (secondary N) is 1. The van der Waals surface area contributed by atoms with E-state index in [1.54, 1.807) is 19.1 Å². The third-order valence-electron chi connectivity index (χ3n) is 6.06. The molecule has 3 rings (SSSR count). The Bertz CT molecular complexity index is 787. The van der Waals surface area contributed by atoms with Crippen molar-refractivity contribution in [3.63, 3.8) is 0 Å². The summed E-state index contributed by atoms with van der Waals surface area (Å²) in [4.78, 5) is 13.0. The fourth-order valence-electron chi connectivity index (χ4n) is 3.98. The van der Waals surface area contributed by atoms with Crippen LogP contribution < -0.4 is 5.32 Å². The molecule has 1 aromatic carbocycles. The predicted octanol–water partition coefficient (Wildman–Crippen LogP) is 2.57. The zero-order valence-corrected chi connectivity index (χ0v) is 17.2. The summed E-state index contributed by atoms with van der Waals surface area (Å²) in [7, 11) is -3.63. The first-order valence-corrected chi connectivity index (χ1v) is 11.2. The van der Waals surface area contributed by atoms with Crippen molar-refractivity contribution in [2.45, 2.75) is 51.0 Å². The molecular formula is C20H30N2O4S. The van der Waals surface area contributed by atoms with Crippen molar-refractivity contribution >= 4 is 15.9 Å². The second-order valence-electron chi connectivity index (χ2n) is 7.84. The first kappa shape index (κ1) is 20.3. The number of ether oxygens (including phenoxy) is 1. The monoisotopic (exact) mass is 394 g/mol. The number of sulfonamides is 1. The normalized spacial score (nSPS) is 27.3. The van der Waals surface area contributed by atoms with Gasteiger partial charge in [0, 0.05) is 24.7 Å². The van der Waals surface area contributed by atoms with Gasteiger partial charge in [0.2, 0.25) is 10.0 Å². The van der Waals surface area contributed by atoms with E-state index in [4.69, 9.17) is 4.74 Å². The van der Waals surface area contributed by atoms with Crippen molar-refractivity contribution in [2.75, 3.05) is 26.3 Å². The number of aryl methyl sites for hydroxylation is 1. The Labute approximate surface area is 162 Å². The summed E-state index contributed by atoms with van der Waals surface area (Å²) in [6, 6.07) is 5.09. The zero-order chi connectivity index (χ0) is 19.6. The van der Waals surface area contributed by atoms with Crippen LogP contribution in [-0.4, -0.2) is 51.0 Å². The van der Waals surface area contributed by atoms with Gasteiger partial charge in [-0.2, -0.15) is 4.31 Å². The van der Waals surface area contributed by atoms with E-state index in [0.717, 1.165) is 12.8 Å². The molecule has 27 heavy (non-hydrogen) atoms. The molecule has 3 atom stereocenters. The number of carbonyl (C=O) groups is 1. The first-order chi connectivity index (χ1) is 12.8. The average molecular weight is 395 g/mol. The van der Waals surface area contributed by atoms with Crippen LogP contribution in [-0.2, 0) is 14.8 Å². The molecular weight excluding hydrogens is 364 g/mol. The molecule has 1 aromatic rings. The molecule has 0 radical (unpaired) electrons. The number of hydrogen-bond acceptors (Lipinski definition) is 4. The molecule has 1 heterocycles. The van der Waals surface area contributed by atoms with Crippen LogP contribution >= 0.6 is 0 Å². The maximum absolute atomic E-state index is 13.0. The highest BCUT2D eigenvalue weighted by Gasteiger charge is 2.30. The molecule has 7 heteroatoms. The van der Waals surface area contributed by atoms with Gasteiger partial charge >= 0.3 is 0 Å². The highest BCUT2D eigenvalue weighted by atomic mass is 32.2. The van der Waals surface area contributed by atoms with Gasteiger partial charge in [-0.05, 0) is 42.9 Å². The van der Waals surface area contributed by atoms with Crippen molar-refractivity contribution in [3.8, 4) is 0 Å². The zero-order valence-electron chi connectivity index (χ0n) is 16.4. The lowest BCUT2D eigenvalue weighted by Gasteiger charge is -2.34. The van der Waals surface area contributed by atoms with Crippen molar-refractivity contribution in [3.05, 3.63) is 29.3 Å². The number of nitrogens with zero attached hydrogens (tertiary/aromatic N) is 1. The fourth-order valence-corrected chi connectivity index (χ4v) is 5.64. The molecule has 1 amide bonds. The van der Waals surface area contributed by atoms with E-state index < -0.39 is 10.0 Å². The lowest BCUT2D eigenvalue weighted by atomic mass is 9.78. The summed E-state index contributed by atoms with van der Waals surface area (Å²) < 4.78 is 32.7. The molecule has 1 N–H and O–H groups in total. The van der Waals surface area contributed by atoms with Crippen molar-refractivity contribution in [1.82, 2.24) is 9.62 Å². The number of benzene rings is 1. The van der Waals surface area contributed by atoms with Crippen molar-refractivity contribution in [2.24, 2.45) is 11.8 Å². The number of morpholine rings is 1. The van der Waals surface area contributed by atoms with E-state index in [0.29, 0.717) is 49.3 Å². The Morgan fingerprint density at radius 3 is 2.59 bits per heavy atom. The average Bonchev–Trinajstić information content (AvgIpc) is 2.66. The predicted molar refractivity (Wildman–Crippen MR) is 104 cm³/mol. The standard InChI is InChI=1S/C20H30N2O4S/c1-14-5-4-6-18(16(14)3)21-20(23)17-8-7-15(2)19(13-17)27(24,25)22-9-11-26-12-10-22/h7-8,13-14,16,18H,4-6,9-12H2,1-3H3,(H,21,23)/t14-,16+,18-/m1/s1. The molecule has 0 aromatic heterocycles. The van der Waals surface area contributed by atoms with Gasteiger partial charge in [-0.1, -0.05) is 32.8 Å². The van der Waals surface area contributed by atoms with Crippen molar-refractivity contribution in [1.29, 1.82) is 0 Å². The summed E-state index contributed by atoms with van der Waals surface area (Å²) in [6.07, 6.45) is 3.28. The molecule has 1 saturated heterocycles. The molecule has 1 aliphatic heterocycles. The fraction of sp³-hybridized carbons (Fsp3) is 0.650. The molecule has 1 saturated carbocycles. The van der Waals surface area contributed by atoms with Crippen molar-refractivity contribution < 1.29 is 17.9 Å². The molecule has 0 unspecified atom stereocenters. The molecule has 6 nitrogen and oxygen atoms in total. The van der Waals surface area contributed by atoms with Gasteiger partial charge in [0.1, 0.15) is 0 Å². The van der Waals surface area contributed by atoms with E-state index in [1.807, 2.05) is 0 Å². The van der Waals surface area contributed by atoms with E-state index in [9.17, 15) is 13.2 Å². The molecule has 2 aliphatic rings. The second kappa shape index (κ2) is 8.29. The molecule has 150 valence electrons. The van der Waals surface area contributed by atoms with Gasteiger partial charge in [0.15, 0.2) is 0 Å². The first-order valence-electron chi connectivity index (χ1n) is 9.80. The van der Waals surface area contributed by atoms with Gasteiger partial charge in [-0.3, -0.25) is 4.79 Å². The van der Waals surface area contributed by atoms with Gasteiger partial charge in [-0.25, -0.2) is 8.42 Å². The lowest BCUT2D eigenvalue weighted by molar-refractivity contribution is 0.0730. The summed E-state index contributed by atoms with van der Waals surface area (Å²) in [6.45, 7) is 7.65. The van der Waals surface area contributed by atoms with E-state index >= 15 is 0 Å². The number of carbonyl (C=O) groups excluding carboxylic acids is 1. The van der Waals surface area contributed by atoms with Crippen LogP contribution in [0.5, 0.6) is 0 Å². The minimum Gasteiger partial charge on any atom is -0.379 e. The van der Waals surface area contributed by atoms with E-state index in [-0.39, 0.29) is 16.8 Å². The number of rotatable bonds is 4. The largest absolute Gasteiger partial charge is 0.379 e. The second-order valence-corrected chi connectivity index (χ2v) is 9.75. The van der Waals surface area contributed by atoms with Gasteiger partial charge in [0.25, 0.3) is 5.91 Å². The highest BCUT2D eigenvalue weighted by molar-refractivity contribution is 7.89. The molecule has 2 fully saturated rings. The third-order valence-corrected chi connectivity index (χ3v) is 8.10. The summed E-state index contributed by atoms with van der Waals surface area (Å²) in [5.74, 6) is 0.809. The summed E-state index contributed by atoms with van der Waals surface area (Å²) in [5, 5.41) is 3.13. The Morgan fingerprint density at radius 2 is 1.89 bits per heavy atom. The van der Waals surface area contributed by atoms with E-state index in [1.165, 1.54) is 16.8 Å². The van der Waals surface area contributed by atoms with Crippen LogP contribution in [0, 0.1) is 18.8 Å². The highest BCUT2D eigenvalue weighted by Crippen LogP contribution is 2.30. The Hall–Kier alpha value is -1.44. The number of hydrogen-bond donors (Lipinski definition) is 1. The van der Waals surface area contributed by atoms with Gasteiger partial charge in [0.05, 0.1) is 18.1 Å². The quantitative estimate of drug-likeness (QED) is 0.852. The third kappa shape index (κ3) is 4.36. The molecule has 1 aliphatic carbocycles. The van der Waals surface area contributed by atoms with Crippen LogP contribution in [0.4, 0.5) is 0 Å². The minimum absolute atomic E-state index is 0.141. The maximum atomic E-state index is 13.0. The molecule has 0 spiro atoms. The Balaban J connectivity index is 1.81. The topological polar surface area (TPSA) is 75.7 Å². The minimum atomic E-state index is -3.63. The SMILES string of the molecule is Cc1ccc(C(=O)N[C@@H]2CCC[C@@H](C)[C@@H]2C)cc1S(=O)(=O)N1CCOCC1. The maximum Gasteiger partial charge on any atom is 0.251 e. The number of amides is 1. The summed E-state index contributed by atoms with van der Waals surface area (Å²) in [5.41, 5.74) is 1.05. The van der Waals surface area contributed by atoms with Crippen LogP contribution in [0.15, 0.2) is 23.1 Å². The van der Waals surface area contributed by atoms with Crippen LogP contribution in [0.1, 0.15) is 49.0 Å². The van der Waals surface area contributed by atoms with Gasteiger partial charge in [-0.15, -0.1) is 0 Å². The van der Waals surface area contributed by atoms with Gasteiger partial charge < -0.3 is 10.1 Å². The van der Waals surface area contributed by atoms with Crippen LogP contribution in [0.25, 0.3) is 0 Å². The Kier molecular flexibility index (Phi) is 6.23. The summed E-state index contributed by atoms with van der Waals surface area (Å²) >= 11 is 0.